The lowest BCUT2D eigenvalue weighted by molar-refractivity contribution is -0.138. The lowest BCUT2D eigenvalue weighted by atomic mass is 10.0. The molecule has 13 heteroatoms. The molecule has 1 heterocycles. The molecule has 0 aliphatic carbocycles. The van der Waals surface area contributed by atoms with Crippen molar-refractivity contribution in [1.82, 2.24) is 0 Å². The van der Waals surface area contributed by atoms with Crippen LogP contribution in [0.1, 0.15) is 30.5 Å². The van der Waals surface area contributed by atoms with Gasteiger partial charge < -0.3 is 4.90 Å². The Bertz CT molecular complexity index is 8020. The van der Waals surface area contributed by atoms with E-state index in [-0.39, 0.29) is 16.5 Å². The fraction of sp³-hybridized carbons (Fsp3) is 0.0446. The van der Waals surface area contributed by atoms with Crippen LogP contribution in [0.5, 0.6) is 0 Å². The van der Waals surface area contributed by atoms with Crippen LogP contribution >= 0.6 is 12.2 Å². The van der Waals surface area contributed by atoms with Crippen molar-refractivity contribution in [3.05, 3.63) is 64.5 Å². The summed E-state index contributed by atoms with van der Waals surface area (Å²) < 4.78 is 80.5. The van der Waals surface area contributed by atoms with E-state index in [0.29, 0.717) is 12.1 Å². The van der Waals surface area contributed by atoms with E-state index >= 15 is 0 Å². The third-order valence-corrected chi connectivity index (χ3v) is 11.0. The normalized spacial score (nSPS) is 7.14. The number of rotatable bonds is 2. The van der Waals surface area contributed by atoms with Gasteiger partial charge in [0.1, 0.15) is 5.54 Å². The van der Waals surface area contributed by atoms with E-state index in [1.807, 2.05) is 0 Å². The summed E-state index contributed by atoms with van der Waals surface area (Å²) in [5, 5.41) is 16.9. The third kappa shape index (κ3) is 49.7. The second kappa shape index (κ2) is 65.9. The van der Waals surface area contributed by atoms with E-state index in [1.54, 1.807) is 6.07 Å². The fourth-order valence-corrected chi connectivity index (χ4v) is 6.72. The van der Waals surface area contributed by atoms with Gasteiger partial charge in [-0.25, -0.2) is 4.85 Å². The highest BCUT2D eigenvalue weighted by Crippen LogP contribution is 2.43. The molecule has 0 saturated carbocycles. The van der Waals surface area contributed by atoms with Crippen molar-refractivity contribution in [2.75, 3.05) is 9.80 Å². The third-order valence-electron chi connectivity index (χ3n) is 10.6. The van der Waals surface area contributed by atoms with Crippen molar-refractivity contribution in [2.24, 2.45) is 0 Å². The van der Waals surface area contributed by atoms with E-state index in [0.717, 1.165) is 28.0 Å². The Morgan fingerprint density at radius 1 is 0.304 bits per heavy atom. The lowest BCUT2D eigenvalue weighted by Crippen LogP contribution is -2.44. The van der Waals surface area contributed by atoms with Gasteiger partial charge in [-0.3, -0.25) is 9.69 Å². The Hall–Kier alpha value is -23.9. The molecule has 1 aliphatic heterocycles. The Labute approximate surface area is 728 Å². The van der Waals surface area contributed by atoms with Crippen LogP contribution in [-0.4, -0.2) is 16.6 Å². The number of benzene rings is 2. The first-order valence-electron chi connectivity index (χ1n) is 31.8. The molecule has 1 fully saturated rings. The molecule has 125 heavy (non-hydrogen) atoms. The van der Waals surface area contributed by atoms with Crippen LogP contribution in [0.15, 0.2) is 36.4 Å². The highest BCUT2D eigenvalue weighted by Gasteiger charge is 2.51. The van der Waals surface area contributed by atoms with Gasteiger partial charge in [-0.1, -0.05) is 6.07 Å². The molecular formula is C112H13F6N5OS. The molecule has 0 N–H and O–H groups in total. The van der Waals surface area contributed by atoms with Gasteiger partial charge in [0.05, 0.1) is 29.3 Å². The van der Waals surface area contributed by atoms with E-state index in [2.05, 4.69) is 532 Å². The summed E-state index contributed by atoms with van der Waals surface area (Å²) in [6.45, 7) is 9.64. The maximum Gasteiger partial charge on any atom is 0.417 e. The van der Waals surface area contributed by atoms with Crippen molar-refractivity contribution in [1.29, 1.82) is 10.5 Å². The number of halogens is 6. The molecule has 0 bridgehead atoms. The van der Waals surface area contributed by atoms with Gasteiger partial charge in [0.25, 0.3) is 5.91 Å². The zero-order valence-corrected chi connectivity index (χ0v) is 63.7. The van der Waals surface area contributed by atoms with Crippen LogP contribution in [0.4, 0.5) is 43.4 Å². The molecule has 0 spiro atoms. The summed E-state index contributed by atoms with van der Waals surface area (Å²) in [4.78, 5) is 17.8. The van der Waals surface area contributed by atoms with Crippen molar-refractivity contribution in [3.8, 4) is 545 Å². The first-order chi connectivity index (χ1) is 61.1. The van der Waals surface area contributed by atoms with E-state index < -0.39 is 46.2 Å². The second-order valence-corrected chi connectivity index (χ2v) is 19.1. The topological polar surface area (TPSA) is 75.5 Å². The first-order valence-corrected chi connectivity index (χ1v) is 32.2. The summed E-state index contributed by atoms with van der Waals surface area (Å²) in [5.41, 5.74) is -5.85. The predicted octanol–water partition coefficient (Wildman–Crippen LogP) is 6.36. The maximum atomic E-state index is 13.4. The fourth-order valence-electron chi connectivity index (χ4n) is 6.20. The van der Waals surface area contributed by atoms with Gasteiger partial charge in [-0.15, -0.1) is 6.42 Å². The average molecular weight is 1590 g/mol. The number of carbonyl (C=O) groups excluding carboxylic acids is 1. The zero-order chi connectivity index (χ0) is 90.6. The summed E-state index contributed by atoms with van der Waals surface area (Å²) >= 11 is 5.29. The molecule has 0 atom stereocenters. The number of anilines is 2. The predicted molar refractivity (Wildman–Crippen MR) is 467 cm³/mol. The lowest BCUT2D eigenvalue weighted by Gasteiger charge is -2.30. The van der Waals surface area contributed by atoms with Crippen LogP contribution in [0.25, 0.3) is 4.85 Å². The number of nitriles is 2. The minimum absolute atomic E-state index is 0.166. The number of carbonyl (C=O) groups is 1. The number of terminal acetylenes is 1. The number of hydrogen-bond acceptors (Lipinski definition) is 4. The summed E-state index contributed by atoms with van der Waals surface area (Å²) in [6, 6.07) is 8.41. The van der Waals surface area contributed by atoms with Crippen molar-refractivity contribution in [3.63, 3.8) is 0 Å². The van der Waals surface area contributed by atoms with Gasteiger partial charge in [-0.05, 0) is 104 Å². The molecule has 0 radical (unpaired) electrons. The second-order valence-electron chi connectivity index (χ2n) is 18.7. The first kappa shape index (κ1) is 97.1. The molecule has 1 saturated heterocycles. The highest BCUT2D eigenvalue weighted by molar-refractivity contribution is 7.81. The van der Waals surface area contributed by atoms with Gasteiger partial charge in [0.15, 0.2) is 16.9 Å². The van der Waals surface area contributed by atoms with Gasteiger partial charge in [-0.2, -0.15) is 36.9 Å². The quantitative estimate of drug-likeness (QED) is 0.152. The van der Waals surface area contributed by atoms with Crippen LogP contribution in [0, 0.1) is 563 Å². The number of amides is 1. The number of alkyl halides is 6. The Balaban J connectivity index is 0.00000132. The van der Waals surface area contributed by atoms with E-state index in [1.165, 1.54) is 26.0 Å². The molecule has 540 valence electrons. The average Bonchev–Trinajstić information content (AvgIpc) is 1.58. The number of thiocarbonyl (C=S) groups is 1. The molecule has 1 aliphatic rings. The Kier molecular flexibility index (Phi) is 51.2. The summed E-state index contributed by atoms with van der Waals surface area (Å²) in [5.74, 6) is 219. The summed E-state index contributed by atoms with van der Waals surface area (Å²) in [7, 11) is 0. The molecule has 3 rings (SSSR count). The molecule has 1 amide bonds. The summed E-state index contributed by atoms with van der Waals surface area (Å²) in [6.07, 6.45) is -4.80. The van der Waals surface area contributed by atoms with Crippen molar-refractivity contribution < 1.29 is 31.1 Å². The van der Waals surface area contributed by atoms with Gasteiger partial charge in [0.2, 0.25) is 0 Å². The smallest absolute Gasteiger partial charge is 0.304 e. The number of nitrogens with zero attached hydrogens (tertiary/aromatic N) is 5. The van der Waals surface area contributed by atoms with Crippen LogP contribution in [-0.2, 0) is 17.1 Å². The van der Waals surface area contributed by atoms with E-state index in [4.69, 9.17) is 35.7 Å². The highest BCUT2D eigenvalue weighted by atomic mass is 32.1. The van der Waals surface area contributed by atoms with Gasteiger partial charge in [0, 0.05) is 491 Å². The SMILES string of the molecule is C#CC#CC#CC#CC#CC#CC#CC#CC#CC#CC#CC#CC#CC#CC#CC#CC#CC#CC#CC#CC#CC#CC#CC#CC#CC#CC#CC#CC#CC#CC#CC#CC#CC#CC#CC#CC#CC#CC#CC#CC#CC#CC#CC#CC#CC#N.[C-]#[N+]c1ccc(N2C(=O)C(C)(C)N(c3ccc(C#N)c(C(F)(F)F)c3)C2=S)cc1C(F)(F)F. The molecular weight excluding hydrogens is 1580 g/mol. The van der Waals surface area contributed by atoms with Crippen LogP contribution < -0.4 is 9.80 Å². The maximum absolute atomic E-state index is 13.4. The molecule has 0 aromatic heterocycles. The van der Waals surface area contributed by atoms with E-state index in [9.17, 15) is 31.1 Å². The van der Waals surface area contributed by atoms with Crippen LogP contribution in [0.2, 0.25) is 0 Å². The number of hydrogen-bond donors (Lipinski definition) is 0. The van der Waals surface area contributed by atoms with Crippen molar-refractivity contribution in [2.45, 2.75) is 31.7 Å². The minimum Gasteiger partial charge on any atom is -0.304 e. The Morgan fingerprint density at radius 2 is 0.488 bits per heavy atom. The monoisotopic (exact) mass is 1590 g/mol. The largest absolute Gasteiger partial charge is 0.417 e. The zero-order valence-electron chi connectivity index (χ0n) is 62.9. The standard InChI is InChI=1S/C91HN.C21H12F6N4OS/c1-2-3-4-5-6-7-8-9-10-11-12-13-14-15-16-17-18-19-20-21-22-23-24-25-26-27-28-29-30-31-32-33-34-35-36-37-38-39-40-41-42-43-44-45-46-47-48-49-50-51-52-53-54-55-56-57-58-59-60-61-62-63-64-65-66-67-68-69-70-71-72-73-74-75-76-77-78-79-80-81-82-83-84-85-86-87-88-89-90-91-92;1-19(2)17(32)30(12-6-7-16(29-3)15(8-12)21(25,26)27)18(33)31(19)13-5-4-11(10-28)14(9-13)20(22,23)24/h1H;4-9H,1-2H3. The molecule has 0 unspecified atom stereocenters. The molecule has 2 aromatic carbocycles. The molecule has 2 aromatic rings. The van der Waals surface area contributed by atoms with Crippen LogP contribution in [0.3, 0.4) is 0 Å². The van der Waals surface area contributed by atoms with Gasteiger partial charge >= 0.3 is 12.4 Å². The Morgan fingerprint density at radius 3 is 0.664 bits per heavy atom. The minimum atomic E-state index is -4.88. The van der Waals surface area contributed by atoms with Crippen molar-refractivity contribution >= 4 is 40.3 Å². The molecule has 6 nitrogen and oxygen atoms in total.